The van der Waals surface area contributed by atoms with Crippen LogP contribution in [-0.4, -0.2) is 9.78 Å². The molecular formula is C11H13N3. The first-order valence-electron chi connectivity index (χ1n) is 4.63. The average Bonchev–Trinajstić information content (AvgIpc) is 2.70. The summed E-state index contributed by atoms with van der Waals surface area (Å²) in [7, 11) is 0. The Morgan fingerprint density at radius 3 is 2.71 bits per heavy atom. The summed E-state index contributed by atoms with van der Waals surface area (Å²) < 4.78 is 1.83. The van der Waals surface area contributed by atoms with Gasteiger partial charge in [-0.05, 0) is 24.6 Å². The van der Waals surface area contributed by atoms with Crippen molar-refractivity contribution in [1.82, 2.24) is 9.78 Å². The Hall–Kier alpha value is -1.61. The average molecular weight is 187 g/mol. The number of benzene rings is 1. The highest BCUT2D eigenvalue weighted by Crippen LogP contribution is 2.18. The van der Waals surface area contributed by atoms with Crippen molar-refractivity contribution >= 4 is 0 Å². The van der Waals surface area contributed by atoms with Crippen molar-refractivity contribution in [2.75, 3.05) is 0 Å². The van der Waals surface area contributed by atoms with Crippen LogP contribution in [-0.2, 0) is 0 Å². The second-order valence-corrected chi connectivity index (χ2v) is 3.30. The topological polar surface area (TPSA) is 43.8 Å². The van der Waals surface area contributed by atoms with E-state index in [2.05, 4.69) is 5.10 Å². The van der Waals surface area contributed by atoms with Crippen LogP contribution >= 0.6 is 0 Å². The van der Waals surface area contributed by atoms with Crippen LogP contribution in [0.2, 0.25) is 0 Å². The summed E-state index contributed by atoms with van der Waals surface area (Å²) in [5.41, 5.74) is 8.04. The highest BCUT2D eigenvalue weighted by molar-refractivity contribution is 5.41. The highest BCUT2D eigenvalue weighted by Gasteiger charge is 2.06. The van der Waals surface area contributed by atoms with Crippen molar-refractivity contribution in [3.8, 4) is 5.69 Å². The third kappa shape index (κ3) is 1.54. The summed E-state index contributed by atoms with van der Waals surface area (Å²) in [5, 5.41) is 4.19. The number of rotatable bonds is 2. The van der Waals surface area contributed by atoms with Crippen molar-refractivity contribution in [3.05, 3.63) is 48.3 Å². The molecule has 1 aromatic heterocycles. The third-order valence-electron chi connectivity index (χ3n) is 2.18. The summed E-state index contributed by atoms with van der Waals surface area (Å²) >= 11 is 0. The molecule has 1 aromatic carbocycles. The van der Waals surface area contributed by atoms with Gasteiger partial charge < -0.3 is 5.73 Å². The van der Waals surface area contributed by atoms with Gasteiger partial charge in [0.05, 0.1) is 5.69 Å². The lowest BCUT2D eigenvalue weighted by Gasteiger charge is -2.11. The van der Waals surface area contributed by atoms with Gasteiger partial charge in [-0.15, -0.1) is 0 Å². The number of nitrogens with two attached hydrogens (primary N) is 1. The zero-order valence-electron chi connectivity index (χ0n) is 8.09. The van der Waals surface area contributed by atoms with Gasteiger partial charge in [-0.3, -0.25) is 0 Å². The lowest BCUT2D eigenvalue weighted by atomic mass is 10.1. The molecule has 3 nitrogen and oxygen atoms in total. The lowest BCUT2D eigenvalue weighted by Crippen LogP contribution is -2.09. The highest BCUT2D eigenvalue weighted by atomic mass is 15.3. The predicted octanol–water partition coefficient (Wildman–Crippen LogP) is 1.89. The van der Waals surface area contributed by atoms with E-state index in [1.807, 2.05) is 48.1 Å². The van der Waals surface area contributed by atoms with E-state index < -0.39 is 0 Å². The standard InChI is InChI=1S/C11H13N3/c1-9(12)10-5-2-3-6-11(10)14-8-4-7-13-14/h2-9H,12H2,1H3. The number of para-hydroxylation sites is 1. The Balaban J connectivity index is 2.53. The monoisotopic (exact) mass is 187 g/mol. The molecular weight excluding hydrogens is 174 g/mol. The summed E-state index contributed by atoms with van der Waals surface area (Å²) in [6.45, 7) is 1.97. The normalized spacial score (nSPS) is 12.7. The van der Waals surface area contributed by atoms with Gasteiger partial charge in [0.25, 0.3) is 0 Å². The first-order chi connectivity index (χ1) is 6.79. The molecule has 72 valence electrons. The molecule has 0 spiro atoms. The SMILES string of the molecule is CC(N)c1ccccc1-n1cccn1. The van der Waals surface area contributed by atoms with Crippen molar-refractivity contribution in [2.45, 2.75) is 13.0 Å². The summed E-state index contributed by atoms with van der Waals surface area (Å²) in [5.74, 6) is 0. The minimum atomic E-state index is 0.0235. The molecule has 0 aliphatic heterocycles. The Morgan fingerprint density at radius 2 is 2.07 bits per heavy atom. The predicted molar refractivity (Wildman–Crippen MR) is 56.2 cm³/mol. The molecule has 14 heavy (non-hydrogen) atoms. The van der Waals surface area contributed by atoms with E-state index in [-0.39, 0.29) is 6.04 Å². The molecule has 2 N–H and O–H groups in total. The fourth-order valence-corrected chi connectivity index (χ4v) is 1.49. The minimum absolute atomic E-state index is 0.0235. The summed E-state index contributed by atoms with van der Waals surface area (Å²) in [4.78, 5) is 0. The van der Waals surface area contributed by atoms with Gasteiger partial charge in [-0.1, -0.05) is 18.2 Å². The molecule has 0 bridgehead atoms. The van der Waals surface area contributed by atoms with E-state index >= 15 is 0 Å². The van der Waals surface area contributed by atoms with E-state index in [0.717, 1.165) is 11.3 Å². The largest absolute Gasteiger partial charge is 0.324 e. The molecule has 0 saturated heterocycles. The maximum absolute atomic E-state index is 5.88. The molecule has 2 aromatic rings. The molecule has 0 saturated carbocycles. The van der Waals surface area contributed by atoms with Gasteiger partial charge in [0.1, 0.15) is 0 Å². The van der Waals surface area contributed by atoms with Crippen LogP contribution < -0.4 is 5.73 Å². The molecule has 0 aliphatic rings. The Kier molecular flexibility index (Phi) is 2.33. The minimum Gasteiger partial charge on any atom is -0.324 e. The van der Waals surface area contributed by atoms with Crippen LogP contribution in [0.3, 0.4) is 0 Å². The van der Waals surface area contributed by atoms with Crippen LogP contribution in [0.25, 0.3) is 5.69 Å². The van der Waals surface area contributed by atoms with Crippen molar-refractivity contribution < 1.29 is 0 Å². The van der Waals surface area contributed by atoms with Gasteiger partial charge in [0.2, 0.25) is 0 Å². The maximum atomic E-state index is 5.88. The smallest absolute Gasteiger partial charge is 0.0693 e. The van der Waals surface area contributed by atoms with Crippen LogP contribution in [0.4, 0.5) is 0 Å². The van der Waals surface area contributed by atoms with E-state index in [1.54, 1.807) is 6.20 Å². The van der Waals surface area contributed by atoms with Crippen molar-refractivity contribution in [1.29, 1.82) is 0 Å². The molecule has 0 aliphatic carbocycles. The fourth-order valence-electron chi connectivity index (χ4n) is 1.49. The number of nitrogens with zero attached hydrogens (tertiary/aromatic N) is 2. The molecule has 2 rings (SSSR count). The van der Waals surface area contributed by atoms with Gasteiger partial charge in [-0.2, -0.15) is 5.10 Å². The van der Waals surface area contributed by atoms with E-state index in [0.29, 0.717) is 0 Å². The second kappa shape index (κ2) is 3.64. The van der Waals surface area contributed by atoms with Crippen LogP contribution in [0.15, 0.2) is 42.7 Å². The van der Waals surface area contributed by atoms with Gasteiger partial charge >= 0.3 is 0 Å². The molecule has 3 heteroatoms. The van der Waals surface area contributed by atoms with Gasteiger partial charge in [0, 0.05) is 18.4 Å². The number of aromatic nitrogens is 2. The van der Waals surface area contributed by atoms with E-state index in [9.17, 15) is 0 Å². The van der Waals surface area contributed by atoms with E-state index in [4.69, 9.17) is 5.73 Å². The zero-order valence-corrected chi connectivity index (χ0v) is 8.09. The maximum Gasteiger partial charge on any atom is 0.0693 e. The second-order valence-electron chi connectivity index (χ2n) is 3.30. The first-order valence-corrected chi connectivity index (χ1v) is 4.63. The van der Waals surface area contributed by atoms with Crippen LogP contribution in [0.5, 0.6) is 0 Å². The third-order valence-corrected chi connectivity index (χ3v) is 2.18. The van der Waals surface area contributed by atoms with Gasteiger partial charge in [0.15, 0.2) is 0 Å². The Bertz CT molecular complexity index is 404. The number of hydrogen-bond donors (Lipinski definition) is 1. The Morgan fingerprint density at radius 1 is 1.29 bits per heavy atom. The lowest BCUT2D eigenvalue weighted by molar-refractivity contribution is 0.781. The first kappa shape index (κ1) is 8.97. The molecule has 0 amide bonds. The fraction of sp³-hybridized carbons (Fsp3) is 0.182. The summed E-state index contributed by atoms with van der Waals surface area (Å²) in [6, 6.07) is 9.95. The van der Waals surface area contributed by atoms with Crippen molar-refractivity contribution in [3.63, 3.8) is 0 Å². The number of hydrogen-bond acceptors (Lipinski definition) is 2. The molecule has 0 radical (unpaired) electrons. The van der Waals surface area contributed by atoms with Crippen LogP contribution in [0.1, 0.15) is 18.5 Å². The Labute approximate surface area is 83.2 Å². The molecule has 1 heterocycles. The zero-order chi connectivity index (χ0) is 9.97. The van der Waals surface area contributed by atoms with Crippen molar-refractivity contribution in [2.24, 2.45) is 5.73 Å². The van der Waals surface area contributed by atoms with E-state index in [1.165, 1.54) is 0 Å². The van der Waals surface area contributed by atoms with Crippen LogP contribution in [0, 0.1) is 0 Å². The summed E-state index contributed by atoms with van der Waals surface area (Å²) in [6.07, 6.45) is 3.68. The van der Waals surface area contributed by atoms with Gasteiger partial charge in [-0.25, -0.2) is 4.68 Å². The molecule has 1 unspecified atom stereocenters. The molecule has 0 fully saturated rings. The quantitative estimate of drug-likeness (QED) is 0.780. The molecule has 1 atom stereocenters.